The van der Waals surface area contributed by atoms with Gasteiger partial charge in [0.2, 0.25) is 0 Å². The fraction of sp³-hybridized carbons (Fsp3) is 1.00. The van der Waals surface area contributed by atoms with Gasteiger partial charge in [-0.3, -0.25) is 0 Å². The van der Waals surface area contributed by atoms with Gasteiger partial charge in [0, 0.05) is 0 Å². The Morgan fingerprint density at radius 2 is 0.341 bits per heavy atom. The van der Waals surface area contributed by atoms with Crippen molar-refractivity contribution >= 4 is 40.4 Å². The molecule has 0 rings (SSSR count). The van der Waals surface area contributed by atoms with Crippen LogP contribution in [0.15, 0.2) is 8.90 Å². The van der Waals surface area contributed by atoms with Crippen molar-refractivity contribution in [3.63, 3.8) is 0 Å². The first-order chi connectivity index (χ1) is 18.4. The predicted molar refractivity (Wildman–Crippen MR) is 217 cm³/mol. The van der Waals surface area contributed by atoms with Crippen LogP contribution in [-0.4, -0.2) is 65.6 Å². The zero-order valence-electron chi connectivity index (χ0n) is 35.7. The first kappa shape index (κ1) is 45.5. The summed E-state index contributed by atoms with van der Waals surface area (Å²) in [5.41, 5.74) is 0. The molecule has 0 amide bonds. The molecule has 0 aliphatic rings. The predicted octanol–water partition coefficient (Wildman–Crippen LogP) is 15.3. The zero-order valence-corrected chi connectivity index (χ0v) is 41.2. The minimum absolute atomic E-state index is 0.0192. The maximum absolute atomic E-state index is 6.65. The molecule has 0 unspecified atom stereocenters. The van der Waals surface area contributed by atoms with Crippen molar-refractivity contribution in [2.75, 3.05) is 0 Å². The fourth-order valence-electron chi connectivity index (χ4n) is 11.3. The van der Waals surface area contributed by atoms with Crippen LogP contribution >= 0.6 is 21.2 Å². The van der Waals surface area contributed by atoms with Gasteiger partial charge >= 0.3 is 288 Å². The second-order valence-electron chi connectivity index (χ2n) is 22.7. The fourth-order valence-corrected chi connectivity index (χ4v) is 75.1. The van der Waals surface area contributed by atoms with Crippen LogP contribution in [0.1, 0.15) is 187 Å². The summed E-state index contributed by atoms with van der Waals surface area (Å²) in [6, 6.07) is 0. The molecule has 0 aromatic rings. The summed E-state index contributed by atoms with van der Waals surface area (Å²) in [6.07, 6.45) is 0. The Labute approximate surface area is 286 Å². The summed E-state index contributed by atoms with van der Waals surface area (Å²) in [4.78, 5) is 2.56. The van der Waals surface area contributed by atoms with E-state index < -0.39 is 40.4 Å². The SMILES string of the molecule is CC(C)(C)P(=[N][Sn]([CH3])([N]=P(C(C)(C)C)(C(C)(C)C)C(C)(C)C)[N]=P(C(C)(C)C)(C(C)(C)C)C(C)(C)C)(C(C)(C)C)C(C)(C)C. The second-order valence-corrected chi connectivity index (χ2v) is 49.9. The van der Waals surface area contributed by atoms with Gasteiger partial charge in [-0.15, -0.1) is 0 Å². The Morgan fingerprint density at radius 3 is 0.409 bits per heavy atom. The molecular formula is C37H84N3P3Sn. The third-order valence-corrected chi connectivity index (χ3v) is 46.7. The molecule has 7 heteroatoms. The van der Waals surface area contributed by atoms with E-state index in [1.165, 1.54) is 0 Å². The van der Waals surface area contributed by atoms with E-state index in [-0.39, 0.29) is 46.4 Å². The van der Waals surface area contributed by atoms with Crippen molar-refractivity contribution in [1.82, 2.24) is 0 Å². The summed E-state index contributed by atoms with van der Waals surface area (Å²) in [5.74, 6) is 0. The van der Waals surface area contributed by atoms with Crippen LogP contribution in [0.2, 0.25) is 4.94 Å². The summed E-state index contributed by atoms with van der Waals surface area (Å²) >= 11 is -4.25. The molecular weight excluding hydrogens is 698 g/mol. The van der Waals surface area contributed by atoms with Gasteiger partial charge in [0.05, 0.1) is 0 Å². The third kappa shape index (κ3) is 7.77. The number of nitrogens with zero attached hydrogens (tertiary/aromatic N) is 3. The van der Waals surface area contributed by atoms with Crippen LogP contribution in [-0.2, 0) is 0 Å². The van der Waals surface area contributed by atoms with Crippen LogP contribution < -0.4 is 0 Å². The van der Waals surface area contributed by atoms with E-state index in [4.69, 9.17) is 8.90 Å². The minimum atomic E-state index is -4.25. The topological polar surface area (TPSA) is 37.1 Å². The van der Waals surface area contributed by atoms with Gasteiger partial charge in [0.25, 0.3) is 0 Å². The van der Waals surface area contributed by atoms with E-state index in [0.29, 0.717) is 0 Å². The van der Waals surface area contributed by atoms with E-state index in [9.17, 15) is 0 Å². The molecule has 0 radical (unpaired) electrons. The number of hydrogen-bond donors (Lipinski definition) is 0. The van der Waals surface area contributed by atoms with Gasteiger partial charge in [-0.05, 0) is 0 Å². The zero-order chi connectivity index (χ0) is 36.6. The molecule has 0 heterocycles. The first-order valence-electron chi connectivity index (χ1n) is 17.3. The van der Waals surface area contributed by atoms with Crippen LogP contribution in [0.5, 0.6) is 0 Å². The van der Waals surface area contributed by atoms with Crippen LogP contribution in [0, 0.1) is 0 Å². The molecule has 44 heavy (non-hydrogen) atoms. The molecule has 0 fully saturated rings. The Hall–Kier alpha value is 1.49. The monoisotopic (exact) mass is 783 g/mol. The van der Waals surface area contributed by atoms with Gasteiger partial charge < -0.3 is 0 Å². The molecule has 3 nitrogen and oxygen atoms in total. The summed E-state index contributed by atoms with van der Waals surface area (Å²) < 4.78 is 19.9. The van der Waals surface area contributed by atoms with E-state index >= 15 is 0 Å². The summed E-state index contributed by atoms with van der Waals surface area (Å²) in [5, 5.41) is 0.173. The summed E-state index contributed by atoms with van der Waals surface area (Å²) in [6.45, 7) is 66.9. The van der Waals surface area contributed by atoms with Gasteiger partial charge in [0.1, 0.15) is 0 Å². The molecule has 0 bridgehead atoms. The Morgan fingerprint density at radius 1 is 0.250 bits per heavy atom. The van der Waals surface area contributed by atoms with E-state index in [1.54, 1.807) is 0 Å². The molecule has 0 aromatic carbocycles. The molecule has 0 saturated heterocycles. The molecule has 0 atom stereocenters. The molecule has 0 N–H and O–H groups in total. The second kappa shape index (κ2) is 12.4. The van der Waals surface area contributed by atoms with Gasteiger partial charge in [-0.25, -0.2) is 0 Å². The van der Waals surface area contributed by atoms with Crippen LogP contribution in [0.25, 0.3) is 0 Å². The van der Waals surface area contributed by atoms with E-state index in [0.717, 1.165) is 0 Å². The van der Waals surface area contributed by atoms with Crippen molar-refractivity contribution < 1.29 is 0 Å². The standard InChI is InChI=1S/3C12H27NP.CH3.Sn/c3*1-10(2,3)14(13,11(4,5)6)12(7,8)9;;/h3*1-9H3;1H3;/q3*-1;;+3. The molecule has 0 saturated carbocycles. The number of hydrogen-bond acceptors (Lipinski definition) is 3. The number of rotatable bonds is 3. The molecule has 0 aliphatic carbocycles. The van der Waals surface area contributed by atoms with Crippen molar-refractivity contribution in [2.45, 2.75) is 238 Å². The van der Waals surface area contributed by atoms with Crippen LogP contribution in [0.3, 0.4) is 0 Å². The van der Waals surface area contributed by atoms with Crippen molar-refractivity contribution in [2.24, 2.45) is 8.90 Å². The third-order valence-electron chi connectivity index (χ3n) is 9.76. The average Bonchev–Trinajstić information content (AvgIpc) is 2.59. The maximum atomic E-state index is 6.65. The Kier molecular flexibility index (Phi) is 12.8. The van der Waals surface area contributed by atoms with Gasteiger partial charge in [0.15, 0.2) is 0 Å². The van der Waals surface area contributed by atoms with E-state index in [1.807, 2.05) is 0 Å². The van der Waals surface area contributed by atoms with Crippen molar-refractivity contribution in [3.05, 3.63) is 0 Å². The Bertz CT molecular complexity index is 912. The first-order valence-corrected chi connectivity index (χ1v) is 29.2. The molecule has 0 aromatic heterocycles. The molecule has 0 spiro atoms. The quantitative estimate of drug-likeness (QED) is 0.202. The van der Waals surface area contributed by atoms with Gasteiger partial charge in [-0.1, -0.05) is 0 Å². The van der Waals surface area contributed by atoms with Gasteiger partial charge in [-0.2, -0.15) is 0 Å². The molecule has 266 valence electrons. The Balaban J connectivity index is 10.1. The van der Waals surface area contributed by atoms with Crippen LogP contribution in [0.4, 0.5) is 0 Å². The van der Waals surface area contributed by atoms with Crippen molar-refractivity contribution in [3.8, 4) is 0 Å². The molecule has 0 aliphatic heterocycles. The van der Waals surface area contributed by atoms with E-state index in [2.05, 4.69) is 192 Å². The van der Waals surface area contributed by atoms with Crippen molar-refractivity contribution in [1.29, 1.82) is 0 Å². The normalized spacial score (nSPS) is 16.6. The average molecular weight is 783 g/mol. The summed E-state index contributed by atoms with van der Waals surface area (Å²) in [7, 11) is -6.27.